The molecule has 1 aromatic rings. The van der Waals surface area contributed by atoms with E-state index < -0.39 is 18.4 Å². The Morgan fingerprint density at radius 3 is 2.88 bits per heavy atom. The number of anilines is 1. The first-order chi connectivity index (χ1) is 12.5. The number of aliphatic hydroxyl groups is 1. The molecule has 1 saturated heterocycles. The zero-order valence-corrected chi connectivity index (χ0v) is 14.6. The van der Waals surface area contributed by atoms with Gasteiger partial charge in [0.05, 0.1) is 24.4 Å². The Kier molecular flexibility index (Phi) is 5.03. The molecule has 0 bridgehead atoms. The van der Waals surface area contributed by atoms with Crippen LogP contribution in [0, 0.1) is 0 Å². The molecule has 1 aromatic carbocycles. The van der Waals surface area contributed by atoms with Gasteiger partial charge in [0, 0.05) is 12.6 Å². The van der Waals surface area contributed by atoms with Gasteiger partial charge in [0.25, 0.3) is 5.91 Å². The van der Waals surface area contributed by atoms with E-state index in [2.05, 4.69) is 6.58 Å². The van der Waals surface area contributed by atoms with E-state index in [4.69, 9.17) is 9.47 Å². The number of carbonyl (C=O) groups excluding carboxylic acids is 2. The summed E-state index contributed by atoms with van der Waals surface area (Å²) in [6, 6.07) is 2.07. The van der Waals surface area contributed by atoms with Gasteiger partial charge in [-0.15, -0.1) is 0 Å². The second-order valence-electron chi connectivity index (χ2n) is 6.25. The number of hydrogen-bond acceptors (Lipinski definition) is 6. The zero-order valence-electron chi connectivity index (χ0n) is 14.6. The highest BCUT2D eigenvalue weighted by Gasteiger charge is 2.44. The summed E-state index contributed by atoms with van der Waals surface area (Å²) in [5.41, 5.74) is 0.253. The third-order valence-corrected chi connectivity index (χ3v) is 4.73. The van der Waals surface area contributed by atoms with Crippen molar-refractivity contribution in [1.82, 2.24) is 4.90 Å². The van der Waals surface area contributed by atoms with Gasteiger partial charge in [-0.2, -0.15) is 0 Å². The van der Waals surface area contributed by atoms with Crippen LogP contribution in [-0.2, 0) is 4.74 Å². The topological polar surface area (TPSA) is 99.5 Å². The second-order valence-corrected chi connectivity index (χ2v) is 6.25. The highest BCUT2D eigenvalue weighted by atomic mass is 16.6. The van der Waals surface area contributed by atoms with E-state index in [9.17, 15) is 19.8 Å². The van der Waals surface area contributed by atoms with Crippen molar-refractivity contribution < 1.29 is 29.3 Å². The van der Waals surface area contributed by atoms with Crippen molar-refractivity contribution >= 4 is 17.7 Å². The number of methoxy groups -OCH3 is 1. The Hall–Kier alpha value is -2.74. The van der Waals surface area contributed by atoms with Gasteiger partial charge in [0.2, 0.25) is 0 Å². The van der Waals surface area contributed by atoms with E-state index in [0.29, 0.717) is 13.0 Å². The molecule has 2 heterocycles. The van der Waals surface area contributed by atoms with Crippen LogP contribution < -0.4 is 9.64 Å². The molecule has 0 spiro atoms. The Balaban J connectivity index is 2.15. The number of carbonyl (C=O) groups is 2. The predicted molar refractivity (Wildman–Crippen MR) is 93.4 cm³/mol. The number of phenolic OH excluding ortho intramolecular Hbond substituents is 1. The van der Waals surface area contributed by atoms with Crippen molar-refractivity contribution in [2.75, 3.05) is 25.2 Å². The molecule has 2 amide bonds. The summed E-state index contributed by atoms with van der Waals surface area (Å²) in [5, 5.41) is 21.0. The van der Waals surface area contributed by atoms with Crippen LogP contribution in [0.1, 0.15) is 29.6 Å². The first-order valence-corrected chi connectivity index (χ1v) is 8.46. The molecular formula is C18H22N2O6. The smallest absolute Gasteiger partial charge is 0.416 e. The Morgan fingerprint density at radius 1 is 1.42 bits per heavy atom. The van der Waals surface area contributed by atoms with Gasteiger partial charge in [0.1, 0.15) is 6.61 Å². The summed E-state index contributed by atoms with van der Waals surface area (Å²) in [6.07, 6.45) is 1.53. The quantitative estimate of drug-likeness (QED) is 0.796. The number of piperidine rings is 1. The summed E-state index contributed by atoms with van der Waals surface area (Å²) < 4.78 is 10.2. The van der Waals surface area contributed by atoms with Crippen LogP contribution in [0.2, 0.25) is 0 Å². The molecule has 3 rings (SSSR count). The highest BCUT2D eigenvalue weighted by molar-refractivity contribution is 6.05. The average molecular weight is 362 g/mol. The molecule has 0 aliphatic carbocycles. The van der Waals surface area contributed by atoms with Crippen LogP contribution in [0.15, 0.2) is 24.8 Å². The third-order valence-electron chi connectivity index (χ3n) is 4.73. The molecule has 8 nitrogen and oxygen atoms in total. The molecule has 0 radical (unpaired) electrons. The van der Waals surface area contributed by atoms with Crippen molar-refractivity contribution in [2.24, 2.45) is 0 Å². The standard InChI is InChI=1S/C18H22N2O6/c1-3-8-26-18(24)20-13-10-14(21)15(25-2)9-11(13)16(22)19-7-5-4-6-12(19)17(20)23/h3,9-10,12,17,21,23H,1,4-8H2,2H3/t12-,17?/m0/s1. The number of amides is 2. The van der Waals surface area contributed by atoms with E-state index in [0.717, 1.165) is 17.7 Å². The number of benzene rings is 1. The molecule has 2 aliphatic heterocycles. The van der Waals surface area contributed by atoms with Crippen LogP contribution in [0.4, 0.5) is 10.5 Å². The van der Waals surface area contributed by atoms with Crippen LogP contribution in [-0.4, -0.2) is 59.6 Å². The summed E-state index contributed by atoms with van der Waals surface area (Å²) in [5.74, 6) is -0.449. The van der Waals surface area contributed by atoms with Gasteiger partial charge >= 0.3 is 6.09 Å². The lowest BCUT2D eigenvalue weighted by Gasteiger charge is -2.38. The van der Waals surface area contributed by atoms with Crippen molar-refractivity contribution in [2.45, 2.75) is 31.5 Å². The molecule has 1 unspecified atom stereocenters. The molecule has 2 aliphatic rings. The summed E-state index contributed by atoms with van der Waals surface area (Å²) in [4.78, 5) is 28.2. The molecule has 2 N–H and O–H groups in total. The maximum atomic E-state index is 13.1. The predicted octanol–water partition coefficient (Wildman–Crippen LogP) is 1.86. The molecular weight excluding hydrogens is 340 g/mol. The molecule has 140 valence electrons. The van der Waals surface area contributed by atoms with Gasteiger partial charge in [-0.1, -0.05) is 12.7 Å². The van der Waals surface area contributed by atoms with Crippen LogP contribution in [0.25, 0.3) is 0 Å². The normalized spacial score (nSPS) is 22.2. The summed E-state index contributed by atoms with van der Waals surface area (Å²) >= 11 is 0. The maximum Gasteiger partial charge on any atom is 0.416 e. The molecule has 8 heteroatoms. The lowest BCUT2D eigenvalue weighted by atomic mass is 10.0. The van der Waals surface area contributed by atoms with Crippen LogP contribution in [0.3, 0.4) is 0 Å². The second kappa shape index (κ2) is 7.25. The Bertz CT molecular complexity index is 735. The van der Waals surface area contributed by atoms with Crippen molar-refractivity contribution in [3.05, 3.63) is 30.4 Å². The van der Waals surface area contributed by atoms with E-state index >= 15 is 0 Å². The fraction of sp³-hybridized carbons (Fsp3) is 0.444. The van der Waals surface area contributed by atoms with Crippen molar-refractivity contribution in [3.8, 4) is 11.5 Å². The fourth-order valence-corrected chi connectivity index (χ4v) is 3.49. The SMILES string of the molecule is C=CCOC(=O)N1c2cc(O)c(OC)cc2C(=O)N2CCCC[C@H]2C1O. The van der Waals surface area contributed by atoms with Gasteiger partial charge in [-0.05, 0) is 25.3 Å². The zero-order chi connectivity index (χ0) is 18.8. The number of phenols is 1. The number of fused-ring (bicyclic) bond motifs is 2. The average Bonchev–Trinajstić information content (AvgIpc) is 2.73. The monoisotopic (exact) mass is 362 g/mol. The van der Waals surface area contributed by atoms with Gasteiger partial charge < -0.3 is 24.6 Å². The minimum atomic E-state index is -1.29. The number of nitrogens with zero attached hydrogens (tertiary/aromatic N) is 2. The van der Waals surface area contributed by atoms with Crippen molar-refractivity contribution in [3.63, 3.8) is 0 Å². The Morgan fingerprint density at radius 2 is 2.19 bits per heavy atom. The third kappa shape index (κ3) is 2.96. The first kappa shape index (κ1) is 18.1. The van der Waals surface area contributed by atoms with E-state index in [1.165, 1.54) is 25.3 Å². The van der Waals surface area contributed by atoms with E-state index in [1.54, 1.807) is 4.90 Å². The molecule has 2 atom stereocenters. The first-order valence-electron chi connectivity index (χ1n) is 8.46. The summed E-state index contributed by atoms with van der Waals surface area (Å²) in [7, 11) is 1.37. The minimum absolute atomic E-state index is 0.0398. The van der Waals surface area contributed by atoms with Crippen LogP contribution in [0.5, 0.6) is 11.5 Å². The largest absolute Gasteiger partial charge is 0.504 e. The Labute approximate surface area is 151 Å². The number of ether oxygens (including phenoxy) is 2. The fourth-order valence-electron chi connectivity index (χ4n) is 3.49. The molecule has 0 aromatic heterocycles. The lowest BCUT2D eigenvalue weighted by molar-refractivity contribution is 0.0233. The van der Waals surface area contributed by atoms with Gasteiger partial charge in [0.15, 0.2) is 17.7 Å². The van der Waals surface area contributed by atoms with Crippen LogP contribution >= 0.6 is 0 Å². The number of aliphatic hydroxyl groups excluding tert-OH is 1. The molecule has 0 saturated carbocycles. The van der Waals surface area contributed by atoms with Gasteiger partial charge in [-0.25, -0.2) is 9.69 Å². The highest BCUT2D eigenvalue weighted by Crippen LogP contribution is 2.40. The number of rotatable bonds is 3. The number of hydrogen-bond donors (Lipinski definition) is 2. The molecule has 26 heavy (non-hydrogen) atoms. The van der Waals surface area contributed by atoms with Gasteiger partial charge in [-0.3, -0.25) is 4.79 Å². The lowest BCUT2D eigenvalue weighted by Crippen LogP contribution is -2.55. The summed E-state index contributed by atoms with van der Waals surface area (Å²) in [6.45, 7) is 3.94. The molecule has 1 fully saturated rings. The number of aromatic hydroxyl groups is 1. The van der Waals surface area contributed by atoms with E-state index in [1.807, 2.05) is 0 Å². The van der Waals surface area contributed by atoms with E-state index in [-0.39, 0.29) is 35.3 Å². The van der Waals surface area contributed by atoms with Crippen molar-refractivity contribution in [1.29, 1.82) is 0 Å². The maximum absolute atomic E-state index is 13.1. The minimum Gasteiger partial charge on any atom is -0.504 e.